The average Bonchev–Trinajstić information content (AvgIpc) is 3.19. The summed E-state index contributed by atoms with van der Waals surface area (Å²) in [5.41, 5.74) is 8.55. The van der Waals surface area contributed by atoms with Gasteiger partial charge < -0.3 is 15.8 Å². The smallest absolute Gasteiger partial charge is 0.219 e. The molecular formula is C22H20N4O2S. The van der Waals surface area contributed by atoms with E-state index in [1.807, 2.05) is 54.6 Å². The second-order valence-electron chi connectivity index (χ2n) is 6.56. The third-order valence-electron chi connectivity index (χ3n) is 4.69. The number of fused-ring (bicyclic) bond motifs is 1. The number of rotatable bonds is 7. The quantitative estimate of drug-likeness (QED) is 0.477. The maximum atomic E-state index is 11.7. The van der Waals surface area contributed by atoms with Crippen LogP contribution < -0.4 is 15.8 Å². The number of carbonyl (C=O) groups is 1. The second-order valence-corrected chi connectivity index (χ2v) is 7.42. The summed E-state index contributed by atoms with van der Waals surface area (Å²) in [4.78, 5) is 21.4. The molecule has 4 rings (SSSR count). The maximum absolute atomic E-state index is 11.7. The summed E-state index contributed by atoms with van der Waals surface area (Å²) >= 11 is 1.56. The number of carbonyl (C=O) groups excluding carboxylic acids is 1. The summed E-state index contributed by atoms with van der Waals surface area (Å²) in [7, 11) is 1.65. The van der Waals surface area contributed by atoms with E-state index in [9.17, 15) is 4.79 Å². The Morgan fingerprint density at radius 2 is 1.90 bits per heavy atom. The number of nitrogens with two attached hydrogens (primary N) is 1. The van der Waals surface area contributed by atoms with E-state index in [0.717, 1.165) is 32.7 Å². The molecule has 0 radical (unpaired) electrons. The third kappa shape index (κ3) is 4.05. The van der Waals surface area contributed by atoms with Crippen molar-refractivity contribution in [2.24, 2.45) is 5.73 Å². The number of ether oxygens (including phenoxy) is 1. The molecule has 7 heteroatoms. The molecule has 2 heterocycles. The lowest BCUT2D eigenvalue weighted by Crippen LogP contribution is -2.21. The van der Waals surface area contributed by atoms with Gasteiger partial charge in [0.05, 0.1) is 25.0 Å². The second kappa shape index (κ2) is 8.28. The van der Waals surface area contributed by atoms with Crippen molar-refractivity contribution in [2.45, 2.75) is 12.5 Å². The van der Waals surface area contributed by atoms with E-state index in [1.54, 1.807) is 18.4 Å². The Kier molecular flexibility index (Phi) is 5.39. The van der Waals surface area contributed by atoms with Crippen LogP contribution in [-0.4, -0.2) is 23.0 Å². The zero-order valence-electron chi connectivity index (χ0n) is 15.8. The molecule has 6 nitrogen and oxygen atoms in total. The van der Waals surface area contributed by atoms with E-state index in [4.69, 9.17) is 10.5 Å². The Bertz CT molecular complexity index is 1130. The van der Waals surface area contributed by atoms with Crippen LogP contribution in [0, 0.1) is 0 Å². The number of amides is 1. The molecule has 2 aromatic carbocycles. The molecule has 1 amide bonds. The lowest BCUT2D eigenvalue weighted by Gasteiger charge is -2.19. The molecule has 0 aliphatic carbocycles. The van der Waals surface area contributed by atoms with Crippen LogP contribution in [0.3, 0.4) is 0 Å². The van der Waals surface area contributed by atoms with Gasteiger partial charge in [0.2, 0.25) is 5.91 Å². The van der Waals surface area contributed by atoms with Crippen molar-refractivity contribution in [2.75, 3.05) is 12.4 Å². The van der Waals surface area contributed by atoms with Crippen molar-refractivity contribution >= 4 is 33.3 Å². The first-order chi connectivity index (χ1) is 14.2. The summed E-state index contributed by atoms with van der Waals surface area (Å²) < 4.78 is 5.26. The third-order valence-corrected chi connectivity index (χ3v) is 5.58. The number of benzene rings is 2. The van der Waals surface area contributed by atoms with Crippen molar-refractivity contribution in [3.8, 4) is 16.9 Å². The number of hydrogen-bond acceptors (Lipinski definition) is 6. The Morgan fingerprint density at radius 1 is 1.14 bits per heavy atom. The van der Waals surface area contributed by atoms with Crippen LogP contribution in [0.1, 0.15) is 18.0 Å². The molecule has 146 valence electrons. The van der Waals surface area contributed by atoms with Crippen molar-refractivity contribution < 1.29 is 9.53 Å². The van der Waals surface area contributed by atoms with Crippen LogP contribution in [-0.2, 0) is 4.79 Å². The van der Waals surface area contributed by atoms with Gasteiger partial charge in [-0.3, -0.25) is 4.79 Å². The fraction of sp³-hybridized carbons (Fsp3) is 0.136. The number of nitrogens with zero attached hydrogens (tertiary/aromatic N) is 2. The first-order valence-corrected chi connectivity index (χ1v) is 10.00. The van der Waals surface area contributed by atoms with Gasteiger partial charge in [0.15, 0.2) is 0 Å². The van der Waals surface area contributed by atoms with Gasteiger partial charge >= 0.3 is 0 Å². The van der Waals surface area contributed by atoms with Crippen LogP contribution >= 0.6 is 11.3 Å². The number of primary amides is 1. The van der Waals surface area contributed by atoms with E-state index < -0.39 is 0 Å². The summed E-state index contributed by atoms with van der Waals surface area (Å²) in [6.07, 6.45) is 1.70. The summed E-state index contributed by atoms with van der Waals surface area (Å²) in [6.45, 7) is 0. The molecule has 0 saturated heterocycles. The number of aromatic nitrogens is 2. The highest BCUT2D eigenvalue weighted by Crippen LogP contribution is 2.38. The van der Waals surface area contributed by atoms with Gasteiger partial charge in [0.1, 0.15) is 22.7 Å². The summed E-state index contributed by atoms with van der Waals surface area (Å²) in [5.74, 6) is 1.10. The molecule has 0 aliphatic heterocycles. The highest BCUT2D eigenvalue weighted by molar-refractivity contribution is 7.17. The van der Waals surface area contributed by atoms with Crippen LogP contribution in [0.5, 0.6) is 5.75 Å². The summed E-state index contributed by atoms with van der Waals surface area (Å²) in [6, 6.07) is 17.3. The zero-order valence-corrected chi connectivity index (χ0v) is 16.6. The van der Waals surface area contributed by atoms with Gasteiger partial charge in [-0.15, -0.1) is 11.3 Å². The van der Waals surface area contributed by atoms with Gasteiger partial charge in [-0.2, -0.15) is 0 Å². The van der Waals surface area contributed by atoms with Gasteiger partial charge in [0.25, 0.3) is 0 Å². The number of methoxy groups -OCH3 is 1. The average molecular weight is 404 g/mol. The first kappa shape index (κ1) is 18.9. The topological polar surface area (TPSA) is 90.1 Å². The number of thiophene rings is 1. The number of anilines is 1. The molecular weight excluding hydrogens is 384 g/mol. The lowest BCUT2D eigenvalue weighted by molar-refractivity contribution is -0.118. The van der Waals surface area contributed by atoms with Crippen molar-refractivity contribution in [1.82, 2.24) is 9.97 Å². The maximum Gasteiger partial charge on any atom is 0.219 e. The molecule has 29 heavy (non-hydrogen) atoms. The van der Waals surface area contributed by atoms with Crippen LogP contribution in [0.25, 0.3) is 21.3 Å². The van der Waals surface area contributed by atoms with Crippen molar-refractivity contribution in [3.05, 3.63) is 71.9 Å². The van der Waals surface area contributed by atoms with Gasteiger partial charge in [-0.05, 0) is 23.3 Å². The number of nitrogens with one attached hydrogen (secondary N) is 1. The normalized spacial score (nSPS) is 11.9. The summed E-state index contributed by atoms with van der Waals surface area (Å²) in [5, 5.41) is 6.41. The van der Waals surface area contributed by atoms with E-state index in [0.29, 0.717) is 5.82 Å². The molecule has 0 bridgehead atoms. The standard InChI is InChI=1S/C22H20N4O2S/c1-28-16-9-7-14(8-10-16)17-12-29-22-20(17)21(24-13-25-22)26-18(11-19(23)27)15-5-3-2-4-6-15/h2-10,12-13,18H,11H2,1H3,(H2,23,27)(H,24,25,26)/t18-/m0/s1. The van der Waals surface area contributed by atoms with Gasteiger partial charge in [-0.25, -0.2) is 9.97 Å². The first-order valence-electron chi connectivity index (χ1n) is 9.12. The molecule has 2 aromatic heterocycles. The van der Waals surface area contributed by atoms with Crippen LogP contribution in [0.2, 0.25) is 0 Å². The minimum absolute atomic E-state index is 0.164. The predicted octanol–water partition coefficient (Wildman–Crippen LogP) is 4.40. The molecule has 3 N–H and O–H groups in total. The SMILES string of the molecule is COc1ccc(-c2csc3ncnc(N[C@@H](CC(N)=O)c4ccccc4)c23)cc1. The fourth-order valence-corrected chi connectivity index (χ4v) is 4.19. The van der Waals surface area contributed by atoms with E-state index in [2.05, 4.69) is 20.7 Å². The molecule has 0 aliphatic rings. The van der Waals surface area contributed by atoms with Gasteiger partial charge in [0, 0.05) is 10.9 Å². The molecule has 4 aromatic rings. The molecule has 0 spiro atoms. The van der Waals surface area contributed by atoms with Crippen molar-refractivity contribution in [1.29, 1.82) is 0 Å². The Balaban J connectivity index is 1.76. The predicted molar refractivity (Wildman–Crippen MR) is 116 cm³/mol. The minimum Gasteiger partial charge on any atom is -0.497 e. The Morgan fingerprint density at radius 3 is 2.59 bits per heavy atom. The van der Waals surface area contributed by atoms with E-state index in [1.165, 1.54) is 6.33 Å². The zero-order chi connectivity index (χ0) is 20.2. The van der Waals surface area contributed by atoms with Crippen LogP contribution in [0.15, 0.2) is 66.3 Å². The van der Waals surface area contributed by atoms with Crippen molar-refractivity contribution in [3.63, 3.8) is 0 Å². The molecule has 0 saturated carbocycles. The van der Waals surface area contributed by atoms with Gasteiger partial charge in [-0.1, -0.05) is 42.5 Å². The minimum atomic E-state index is -0.377. The highest BCUT2D eigenvalue weighted by atomic mass is 32.1. The van der Waals surface area contributed by atoms with E-state index >= 15 is 0 Å². The fourth-order valence-electron chi connectivity index (χ4n) is 3.27. The number of hydrogen-bond donors (Lipinski definition) is 2. The van der Waals surface area contributed by atoms with Crippen LogP contribution in [0.4, 0.5) is 5.82 Å². The largest absolute Gasteiger partial charge is 0.497 e. The Labute approximate surface area is 172 Å². The monoisotopic (exact) mass is 404 g/mol. The Hall–Kier alpha value is -3.45. The van der Waals surface area contributed by atoms with E-state index in [-0.39, 0.29) is 18.4 Å². The molecule has 0 fully saturated rings. The molecule has 0 unspecified atom stereocenters. The molecule has 1 atom stereocenters. The highest BCUT2D eigenvalue weighted by Gasteiger charge is 2.19. The lowest BCUT2D eigenvalue weighted by atomic mass is 10.0.